The molecule has 0 aromatic carbocycles. The lowest BCUT2D eigenvalue weighted by Gasteiger charge is -2.20. The van der Waals surface area contributed by atoms with Crippen molar-refractivity contribution in [2.24, 2.45) is 5.92 Å². The van der Waals surface area contributed by atoms with Crippen molar-refractivity contribution in [2.75, 3.05) is 6.54 Å². The second-order valence-electron chi connectivity index (χ2n) is 3.66. The first-order valence-corrected chi connectivity index (χ1v) is 6.24. The molecule has 0 saturated heterocycles. The Morgan fingerprint density at radius 2 is 1.85 bits per heavy atom. The highest BCUT2D eigenvalue weighted by Crippen LogP contribution is 2.25. The molecule has 4 nitrogen and oxygen atoms in total. The predicted molar refractivity (Wildman–Crippen MR) is 50.7 cm³/mol. The van der Waals surface area contributed by atoms with E-state index in [9.17, 15) is 8.42 Å². The van der Waals surface area contributed by atoms with E-state index >= 15 is 0 Å². The molecule has 1 fully saturated rings. The van der Waals surface area contributed by atoms with Crippen molar-refractivity contribution in [3.8, 4) is 0 Å². The number of nitrogens with one attached hydrogen (secondary N) is 1. The summed E-state index contributed by atoms with van der Waals surface area (Å²) in [6.45, 7) is 0.365. The van der Waals surface area contributed by atoms with Gasteiger partial charge < -0.3 is 0 Å². The minimum absolute atomic E-state index is 0.365. The van der Waals surface area contributed by atoms with Gasteiger partial charge in [0.05, 0.1) is 0 Å². The fourth-order valence-corrected chi connectivity index (χ4v) is 2.24. The van der Waals surface area contributed by atoms with Crippen LogP contribution in [0.2, 0.25) is 0 Å². The van der Waals surface area contributed by atoms with Gasteiger partial charge in [0.15, 0.2) is 0 Å². The Hall–Kier alpha value is -0.130. The third-order valence-corrected chi connectivity index (χ3v) is 3.13. The fraction of sp³-hybridized carbons (Fsp3) is 1.00. The molecular weight excluding hydrogens is 190 g/mol. The summed E-state index contributed by atoms with van der Waals surface area (Å²) in [7, 11) is -3.97. The van der Waals surface area contributed by atoms with E-state index in [4.69, 9.17) is 4.55 Å². The Morgan fingerprint density at radius 3 is 2.38 bits per heavy atom. The lowest BCUT2D eigenvalue weighted by molar-refractivity contribution is 0.338. The third-order valence-electron chi connectivity index (χ3n) is 2.56. The van der Waals surface area contributed by atoms with Gasteiger partial charge >= 0.3 is 10.3 Å². The molecule has 0 heterocycles. The molecule has 1 aliphatic carbocycles. The van der Waals surface area contributed by atoms with E-state index in [0.717, 1.165) is 6.42 Å². The second-order valence-corrected chi connectivity index (χ2v) is 4.90. The molecule has 1 aliphatic rings. The normalized spacial score (nSPS) is 20.4. The van der Waals surface area contributed by atoms with Crippen molar-refractivity contribution >= 4 is 10.3 Å². The zero-order chi connectivity index (χ0) is 9.73. The standard InChI is InChI=1S/C8H17NO3S/c10-13(11,12)9-7-6-8-4-2-1-3-5-8/h8-9H,1-7H2,(H,10,11,12). The van der Waals surface area contributed by atoms with Crippen LogP contribution in [-0.4, -0.2) is 19.5 Å². The van der Waals surface area contributed by atoms with Gasteiger partial charge in [-0.05, 0) is 12.3 Å². The van der Waals surface area contributed by atoms with Crippen molar-refractivity contribution < 1.29 is 13.0 Å². The Bertz CT molecular complexity index is 232. The van der Waals surface area contributed by atoms with Gasteiger partial charge in [-0.15, -0.1) is 0 Å². The molecule has 1 rings (SSSR count). The maximum absolute atomic E-state index is 10.3. The van der Waals surface area contributed by atoms with Crippen LogP contribution < -0.4 is 4.72 Å². The summed E-state index contributed by atoms with van der Waals surface area (Å²) in [5.41, 5.74) is 0. The summed E-state index contributed by atoms with van der Waals surface area (Å²) < 4.78 is 31.1. The lowest BCUT2D eigenvalue weighted by Crippen LogP contribution is -2.25. The van der Waals surface area contributed by atoms with Crippen LogP contribution >= 0.6 is 0 Å². The number of hydrogen-bond donors (Lipinski definition) is 2. The summed E-state index contributed by atoms with van der Waals surface area (Å²) >= 11 is 0. The van der Waals surface area contributed by atoms with Gasteiger partial charge in [-0.25, -0.2) is 0 Å². The molecule has 0 aromatic rings. The van der Waals surface area contributed by atoms with Gasteiger partial charge in [0.25, 0.3) is 0 Å². The maximum Gasteiger partial charge on any atom is 0.333 e. The van der Waals surface area contributed by atoms with Crippen molar-refractivity contribution in [1.29, 1.82) is 0 Å². The van der Waals surface area contributed by atoms with E-state index in [-0.39, 0.29) is 0 Å². The summed E-state index contributed by atoms with van der Waals surface area (Å²) in [6.07, 6.45) is 7.08. The SMILES string of the molecule is O=S(=O)(O)NCCC1CCCCC1. The monoisotopic (exact) mass is 207 g/mol. The molecule has 0 radical (unpaired) electrons. The van der Waals surface area contributed by atoms with Crippen LogP contribution in [0.5, 0.6) is 0 Å². The van der Waals surface area contributed by atoms with E-state index in [1.165, 1.54) is 32.1 Å². The fourth-order valence-electron chi connectivity index (χ4n) is 1.87. The van der Waals surface area contributed by atoms with E-state index < -0.39 is 10.3 Å². The van der Waals surface area contributed by atoms with Crippen LogP contribution in [0, 0.1) is 5.92 Å². The van der Waals surface area contributed by atoms with Gasteiger partial charge in [0.1, 0.15) is 0 Å². The quantitative estimate of drug-likeness (QED) is 0.684. The molecule has 0 aliphatic heterocycles. The number of hydrogen-bond acceptors (Lipinski definition) is 2. The summed E-state index contributed by atoms with van der Waals surface area (Å²) in [5.74, 6) is 0.642. The highest BCUT2D eigenvalue weighted by Gasteiger charge is 2.13. The van der Waals surface area contributed by atoms with E-state index in [0.29, 0.717) is 12.5 Å². The minimum atomic E-state index is -3.97. The molecule has 0 aromatic heterocycles. The first-order valence-electron chi connectivity index (χ1n) is 4.80. The van der Waals surface area contributed by atoms with Gasteiger partial charge in [0.2, 0.25) is 0 Å². The van der Waals surface area contributed by atoms with Crippen LogP contribution in [0.15, 0.2) is 0 Å². The Morgan fingerprint density at radius 1 is 1.23 bits per heavy atom. The van der Waals surface area contributed by atoms with E-state index in [2.05, 4.69) is 4.72 Å². The van der Waals surface area contributed by atoms with Gasteiger partial charge in [-0.2, -0.15) is 13.1 Å². The van der Waals surface area contributed by atoms with Crippen molar-refractivity contribution in [3.05, 3.63) is 0 Å². The van der Waals surface area contributed by atoms with Gasteiger partial charge in [-0.1, -0.05) is 32.1 Å². The first kappa shape index (κ1) is 10.9. The lowest BCUT2D eigenvalue weighted by atomic mass is 9.87. The molecule has 1 saturated carbocycles. The molecular formula is C8H17NO3S. The number of rotatable bonds is 4. The van der Waals surface area contributed by atoms with Crippen LogP contribution in [0.3, 0.4) is 0 Å². The average Bonchev–Trinajstić information content (AvgIpc) is 2.04. The summed E-state index contributed by atoms with van der Waals surface area (Å²) in [5, 5.41) is 0. The largest absolute Gasteiger partial charge is 0.333 e. The predicted octanol–water partition coefficient (Wildman–Crippen LogP) is 1.35. The molecule has 0 atom stereocenters. The highest BCUT2D eigenvalue weighted by molar-refractivity contribution is 7.83. The van der Waals surface area contributed by atoms with Crippen LogP contribution in [0.1, 0.15) is 38.5 Å². The van der Waals surface area contributed by atoms with Crippen molar-refractivity contribution in [3.63, 3.8) is 0 Å². The topological polar surface area (TPSA) is 66.4 Å². The Balaban J connectivity index is 2.11. The van der Waals surface area contributed by atoms with E-state index in [1.54, 1.807) is 0 Å². The zero-order valence-corrected chi connectivity index (χ0v) is 8.52. The molecule has 0 unspecified atom stereocenters. The third kappa shape index (κ3) is 5.23. The Labute approximate surface area is 79.6 Å². The molecule has 5 heteroatoms. The highest BCUT2D eigenvalue weighted by atomic mass is 32.2. The summed E-state index contributed by atoms with van der Waals surface area (Å²) in [4.78, 5) is 0. The molecule has 0 spiro atoms. The van der Waals surface area contributed by atoms with Gasteiger partial charge in [0, 0.05) is 6.54 Å². The molecule has 0 amide bonds. The molecule has 13 heavy (non-hydrogen) atoms. The zero-order valence-electron chi connectivity index (χ0n) is 7.70. The van der Waals surface area contributed by atoms with Crippen LogP contribution in [-0.2, 0) is 10.3 Å². The average molecular weight is 207 g/mol. The summed E-state index contributed by atoms with van der Waals surface area (Å²) in [6, 6.07) is 0. The second kappa shape index (κ2) is 4.93. The molecule has 2 N–H and O–H groups in total. The minimum Gasteiger partial charge on any atom is -0.273 e. The molecule has 78 valence electrons. The molecule has 0 bridgehead atoms. The van der Waals surface area contributed by atoms with Crippen LogP contribution in [0.25, 0.3) is 0 Å². The maximum atomic E-state index is 10.3. The van der Waals surface area contributed by atoms with Crippen molar-refractivity contribution in [2.45, 2.75) is 38.5 Å². The Kier molecular flexibility index (Phi) is 4.15. The first-order chi connectivity index (χ1) is 6.08. The van der Waals surface area contributed by atoms with Crippen molar-refractivity contribution in [1.82, 2.24) is 4.72 Å². The van der Waals surface area contributed by atoms with Gasteiger partial charge in [-0.3, -0.25) is 4.55 Å². The van der Waals surface area contributed by atoms with E-state index in [1.807, 2.05) is 0 Å². The van der Waals surface area contributed by atoms with Crippen LogP contribution in [0.4, 0.5) is 0 Å². The smallest absolute Gasteiger partial charge is 0.273 e.